The molecule has 1 aromatic carbocycles. The molecule has 2 aromatic heterocycles. The third-order valence-corrected chi connectivity index (χ3v) is 3.37. The average molecular weight is 338 g/mol. The van der Waals surface area contributed by atoms with Crippen molar-refractivity contribution in [2.45, 2.75) is 13.5 Å². The molecule has 2 heterocycles. The van der Waals surface area contributed by atoms with Crippen LogP contribution in [-0.2, 0) is 6.54 Å². The molecule has 0 aliphatic heterocycles. The number of amides is 1. The van der Waals surface area contributed by atoms with Gasteiger partial charge in [-0.05, 0) is 42.8 Å². The second-order valence-corrected chi connectivity index (χ2v) is 5.33. The van der Waals surface area contributed by atoms with Gasteiger partial charge in [0.2, 0.25) is 11.7 Å². The minimum Gasteiger partial charge on any atom is -0.478 e. The molecule has 0 radical (unpaired) electrons. The molecular weight excluding hydrogens is 324 g/mol. The number of hydrogen-bond acceptors (Lipinski definition) is 6. The average Bonchev–Trinajstić information content (AvgIpc) is 3.09. The summed E-state index contributed by atoms with van der Waals surface area (Å²) in [6, 6.07) is 7.97. The van der Waals surface area contributed by atoms with E-state index in [1.807, 2.05) is 0 Å². The van der Waals surface area contributed by atoms with Gasteiger partial charge in [-0.1, -0.05) is 5.16 Å². The molecule has 8 nitrogen and oxygen atoms in total. The molecule has 3 aromatic rings. The molecule has 2 N–H and O–H groups in total. The summed E-state index contributed by atoms with van der Waals surface area (Å²) in [5, 5.41) is 15.5. The Kier molecular flexibility index (Phi) is 4.51. The van der Waals surface area contributed by atoms with Crippen LogP contribution in [-0.4, -0.2) is 32.1 Å². The number of nitrogens with one attached hydrogen (secondary N) is 1. The van der Waals surface area contributed by atoms with Gasteiger partial charge in [-0.3, -0.25) is 9.78 Å². The van der Waals surface area contributed by atoms with E-state index in [0.717, 1.165) is 0 Å². The number of carboxylic acid groups (broad SMARTS) is 1. The molecule has 0 fully saturated rings. The van der Waals surface area contributed by atoms with Crippen molar-refractivity contribution in [2.75, 3.05) is 0 Å². The third-order valence-electron chi connectivity index (χ3n) is 3.37. The van der Waals surface area contributed by atoms with Crippen LogP contribution in [0.25, 0.3) is 11.4 Å². The van der Waals surface area contributed by atoms with Gasteiger partial charge in [-0.2, -0.15) is 4.98 Å². The number of aromatic nitrogens is 3. The van der Waals surface area contributed by atoms with Gasteiger partial charge in [0.25, 0.3) is 5.91 Å². The molecular formula is C17H14N4O4. The van der Waals surface area contributed by atoms with E-state index in [0.29, 0.717) is 17.0 Å². The van der Waals surface area contributed by atoms with E-state index in [2.05, 4.69) is 20.4 Å². The molecule has 3 rings (SSSR count). The van der Waals surface area contributed by atoms with E-state index in [-0.39, 0.29) is 23.6 Å². The van der Waals surface area contributed by atoms with E-state index in [4.69, 9.17) is 9.63 Å². The highest BCUT2D eigenvalue weighted by Gasteiger charge is 2.13. The maximum absolute atomic E-state index is 12.2. The first kappa shape index (κ1) is 16.3. The quantitative estimate of drug-likeness (QED) is 0.731. The fraction of sp³-hybridized carbons (Fsp3) is 0.118. The Labute approximate surface area is 142 Å². The van der Waals surface area contributed by atoms with Crippen molar-refractivity contribution in [2.24, 2.45) is 0 Å². The Morgan fingerprint density at radius 1 is 1.24 bits per heavy atom. The van der Waals surface area contributed by atoms with E-state index < -0.39 is 11.9 Å². The van der Waals surface area contributed by atoms with Crippen LogP contribution >= 0.6 is 0 Å². The molecule has 0 unspecified atom stereocenters. The SMILES string of the molecule is Cc1cc(C(=O)O)cc(C(=O)NCc2nc(-c3cccnc3)no2)c1. The number of pyridine rings is 1. The lowest BCUT2D eigenvalue weighted by molar-refractivity contribution is 0.0696. The second-order valence-electron chi connectivity index (χ2n) is 5.33. The van der Waals surface area contributed by atoms with Crippen LogP contribution < -0.4 is 5.32 Å². The number of benzene rings is 1. The predicted octanol–water partition coefficient (Wildman–Crippen LogP) is 2.07. The fourth-order valence-corrected chi connectivity index (χ4v) is 2.23. The smallest absolute Gasteiger partial charge is 0.335 e. The van der Waals surface area contributed by atoms with Crippen molar-refractivity contribution in [3.05, 3.63) is 65.3 Å². The lowest BCUT2D eigenvalue weighted by Crippen LogP contribution is -2.23. The summed E-state index contributed by atoms with van der Waals surface area (Å²) in [7, 11) is 0. The maximum atomic E-state index is 12.2. The Morgan fingerprint density at radius 3 is 2.76 bits per heavy atom. The van der Waals surface area contributed by atoms with Gasteiger partial charge in [0.05, 0.1) is 12.1 Å². The van der Waals surface area contributed by atoms with Crippen molar-refractivity contribution >= 4 is 11.9 Å². The molecule has 25 heavy (non-hydrogen) atoms. The van der Waals surface area contributed by atoms with Gasteiger partial charge < -0.3 is 14.9 Å². The van der Waals surface area contributed by atoms with Crippen LogP contribution in [0.2, 0.25) is 0 Å². The number of aryl methyl sites for hydroxylation is 1. The van der Waals surface area contributed by atoms with Gasteiger partial charge in [0.1, 0.15) is 0 Å². The summed E-state index contributed by atoms with van der Waals surface area (Å²) in [5.41, 5.74) is 1.70. The van der Waals surface area contributed by atoms with Gasteiger partial charge in [-0.15, -0.1) is 0 Å². The first-order valence-electron chi connectivity index (χ1n) is 7.39. The van der Waals surface area contributed by atoms with Gasteiger partial charge in [-0.25, -0.2) is 4.79 Å². The highest BCUT2D eigenvalue weighted by molar-refractivity contribution is 5.97. The normalized spacial score (nSPS) is 10.4. The van der Waals surface area contributed by atoms with Crippen LogP contribution in [0.1, 0.15) is 32.2 Å². The van der Waals surface area contributed by atoms with Crippen molar-refractivity contribution in [3.63, 3.8) is 0 Å². The lowest BCUT2D eigenvalue weighted by atomic mass is 10.1. The minimum absolute atomic E-state index is 0.0302. The molecule has 0 aliphatic rings. The van der Waals surface area contributed by atoms with Crippen molar-refractivity contribution in [1.82, 2.24) is 20.4 Å². The highest BCUT2D eigenvalue weighted by Crippen LogP contribution is 2.14. The maximum Gasteiger partial charge on any atom is 0.335 e. The van der Waals surface area contributed by atoms with E-state index in [1.54, 1.807) is 37.5 Å². The molecule has 1 amide bonds. The van der Waals surface area contributed by atoms with Gasteiger partial charge in [0, 0.05) is 23.5 Å². The number of carbonyl (C=O) groups is 2. The number of carboxylic acids is 1. The molecule has 0 saturated heterocycles. The summed E-state index contributed by atoms with van der Waals surface area (Å²) in [4.78, 5) is 31.5. The first-order valence-corrected chi connectivity index (χ1v) is 7.39. The monoisotopic (exact) mass is 338 g/mol. The topological polar surface area (TPSA) is 118 Å². The van der Waals surface area contributed by atoms with Crippen molar-refractivity contribution in [3.8, 4) is 11.4 Å². The van der Waals surface area contributed by atoms with E-state index in [9.17, 15) is 9.59 Å². The molecule has 0 bridgehead atoms. The van der Waals surface area contributed by atoms with Crippen LogP contribution in [0.15, 0.2) is 47.2 Å². The number of aromatic carboxylic acids is 1. The van der Waals surface area contributed by atoms with E-state index in [1.165, 1.54) is 12.1 Å². The molecule has 0 spiro atoms. The summed E-state index contributed by atoms with van der Waals surface area (Å²) < 4.78 is 5.09. The third kappa shape index (κ3) is 3.86. The summed E-state index contributed by atoms with van der Waals surface area (Å²) in [5.74, 6) is -0.900. The fourth-order valence-electron chi connectivity index (χ4n) is 2.23. The summed E-state index contributed by atoms with van der Waals surface area (Å²) >= 11 is 0. The molecule has 0 saturated carbocycles. The molecule has 0 atom stereocenters. The molecule has 0 aliphatic carbocycles. The van der Waals surface area contributed by atoms with Crippen LogP contribution in [0.5, 0.6) is 0 Å². The number of nitrogens with zero attached hydrogens (tertiary/aromatic N) is 3. The van der Waals surface area contributed by atoms with Gasteiger partial charge >= 0.3 is 5.97 Å². The van der Waals surface area contributed by atoms with E-state index >= 15 is 0 Å². The van der Waals surface area contributed by atoms with Crippen molar-refractivity contribution < 1.29 is 19.2 Å². The number of carbonyl (C=O) groups excluding carboxylic acids is 1. The standard InChI is InChI=1S/C17H14N4O4/c1-10-5-12(7-13(6-10)17(23)24)16(22)19-9-14-20-15(21-25-14)11-3-2-4-18-8-11/h2-8H,9H2,1H3,(H,19,22)(H,23,24). The van der Waals surface area contributed by atoms with Crippen molar-refractivity contribution in [1.29, 1.82) is 0 Å². The first-order chi connectivity index (χ1) is 12.0. The predicted molar refractivity (Wildman–Crippen MR) is 86.8 cm³/mol. The molecule has 126 valence electrons. The Morgan fingerprint density at radius 2 is 2.04 bits per heavy atom. The van der Waals surface area contributed by atoms with Crippen LogP contribution in [0.3, 0.4) is 0 Å². The van der Waals surface area contributed by atoms with Gasteiger partial charge in [0.15, 0.2) is 0 Å². The Balaban J connectivity index is 1.69. The Bertz CT molecular complexity index is 921. The van der Waals surface area contributed by atoms with Crippen LogP contribution in [0, 0.1) is 6.92 Å². The number of hydrogen-bond donors (Lipinski definition) is 2. The largest absolute Gasteiger partial charge is 0.478 e. The zero-order chi connectivity index (χ0) is 17.8. The summed E-state index contributed by atoms with van der Waals surface area (Å²) in [6.07, 6.45) is 3.24. The summed E-state index contributed by atoms with van der Waals surface area (Å²) in [6.45, 7) is 1.75. The number of rotatable bonds is 5. The van der Waals surface area contributed by atoms with Crippen LogP contribution in [0.4, 0.5) is 0 Å². The lowest BCUT2D eigenvalue weighted by Gasteiger charge is -2.05. The molecule has 8 heteroatoms. The Hall–Kier alpha value is -3.55. The highest BCUT2D eigenvalue weighted by atomic mass is 16.5. The zero-order valence-electron chi connectivity index (χ0n) is 13.3. The second kappa shape index (κ2) is 6.91. The minimum atomic E-state index is -1.09. The zero-order valence-corrected chi connectivity index (χ0v) is 13.3.